The maximum Gasteiger partial charge on any atom is 0.270 e. The zero-order chi connectivity index (χ0) is 26.5. The number of nitrogens with one attached hydrogen (secondary N) is 3. The van der Waals surface area contributed by atoms with Gasteiger partial charge in [-0.2, -0.15) is 5.10 Å². The lowest BCUT2D eigenvalue weighted by atomic mass is 9.88. The summed E-state index contributed by atoms with van der Waals surface area (Å²) in [5.41, 5.74) is 3.65. The summed E-state index contributed by atoms with van der Waals surface area (Å²) >= 11 is 0. The molecule has 2 fully saturated rings. The largest absolute Gasteiger partial charge is 0.368 e. The molecule has 2 saturated heterocycles. The molecule has 10 nitrogen and oxygen atoms in total. The lowest BCUT2D eigenvalue weighted by Gasteiger charge is -2.34. The van der Waals surface area contributed by atoms with Crippen molar-refractivity contribution in [3.05, 3.63) is 60.2 Å². The zero-order valence-electron chi connectivity index (χ0n) is 22.4. The van der Waals surface area contributed by atoms with Gasteiger partial charge in [0.15, 0.2) is 5.82 Å². The van der Waals surface area contributed by atoms with E-state index in [0.29, 0.717) is 18.1 Å². The Hall–Kier alpha value is -3.79. The number of aromatic nitrogens is 4. The topological polar surface area (TPSA) is 111 Å². The fourth-order valence-electron chi connectivity index (χ4n) is 4.85. The first kappa shape index (κ1) is 25.8. The normalized spacial score (nSPS) is 18.2. The Balaban J connectivity index is 1.19. The third-order valence-corrected chi connectivity index (χ3v) is 7.11. The van der Waals surface area contributed by atoms with Gasteiger partial charge in [0.1, 0.15) is 11.5 Å². The van der Waals surface area contributed by atoms with Crippen LogP contribution in [0, 0.1) is 0 Å². The minimum Gasteiger partial charge on any atom is -0.368 e. The third-order valence-electron chi connectivity index (χ3n) is 7.11. The molecule has 2 aliphatic heterocycles. The van der Waals surface area contributed by atoms with Crippen LogP contribution >= 0.6 is 0 Å². The van der Waals surface area contributed by atoms with Crippen molar-refractivity contribution in [2.75, 3.05) is 54.4 Å². The van der Waals surface area contributed by atoms with E-state index in [2.05, 4.69) is 72.8 Å². The lowest BCUT2D eigenvalue weighted by molar-refractivity contribution is 0.0928. The molecule has 0 aliphatic carbocycles. The molecular weight excluding hydrogens is 478 g/mol. The van der Waals surface area contributed by atoms with Gasteiger partial charge in [0.2, 0.25) is 0 Å². The highest BCUT2D eigenvalue weighted by Crippen LogP contribution is 2.24. The number of hydrogen-bond donors (Lipinski definition) is 3. The molecule has 1 amide bonds. The summed E-state index contributed by atoms with van der Waals surface area (Å²) in [6.07, 6.45) is 7.36. The summed E-state index contributed by atoms with van der Waals surface area (Å²) in [6.45, 7) is 12.0. The Labute approximate surface area is 224 Å². The van der Waals surface area contributed by atoms with Crippen molar-refractivity contribution < 1.29 is 4.79 Å². The second-order valence-electron chi connectivity index (χ2n) is 11.0. The number of rotatable bonds is 6. The fraction of sp³-hybridized carbons (Fsp3) is 0.464. The average Bonchev–Trinajstić information content (AvgIpc) is 2.94. The van der Waals surface area contributed by atoms with Gasteiger partial charge < -0.3 is 25.8 Å². The van der Waals surface area contributed by atoms with E-state index in [1.807, 2.05) is 30.5 Å². The van der Waals surface area contributed by atoms with Crippen molar-refractivity contribution in [3.8, 4) is 0 Å². The number of carbonyl (C=O) groups excluding carboxylic acids is 1. The second kappa shape index (κ2) is 11.3. The molecule has 0 spiro atoms. The predicted molar refractivity (Wildman–Crippen MR) is 150 cm³/mol. The van der Waals surface area contributed by atoms with Crippen LogP contribution in [0.5, 0.6) is 0 Å². The Morgan fingerprint density at radius 1 is 0.947 bits per heavy atom. The van der Waals surface area contributed by atoms with Gasteiger partial charge in [-0.1, -0.05) is 26.8 Å². The zero-order valence-corrected chi connectivity index (χ0v) is 22.4. The molecule has 0 bridgehead atoms. The molecule has 3 N–H and O–H groups in total. The Bertz CT molecular complexity index is 1220. The molecule has 0 radical (unpaired) electrons. The number of anilines is 4. The first-order valence-electron chi connectivity index (χ1n) is 13.4. The molecule has 0 saturated carbocycles. The van der Waals surface area contributed by atoms with E-state index >= 15 is 0 Å². The molecular formula is C28H37N9O. The molecule has 0 unspecified atom stereocenters. The van der Waals surface area contributed by atoms with Crippen LogP contribution in [0.2, 0.25) is 0 Å². The van der Waals surface area contributed by atoms with Gasteiger partial charge in [0.25, 0.3) is 5.91 Å². The van der Waals surface area contributed by atoms with Crippen LogP contribution in [0.25, 0.3) is 0 Å². The maximum atomic E-state index is 12.9. The average molecular weight is 516 g/mol. The minimum atomic E-state index is -0.136. The number of hydrogen-bond acceptors (Lipinski definition) is 9. The molecule has 2 aliphatic rings. The van der Waals surface area contributed by atoms with E-state index in [1.54, 1.807) is 12.4 Å². The van der Waals surface area contributed by atoms with E-state index in [9.17, 15) is 4.79 Å². The summed E-state index contributed by atoms with van der Waals surface area (Å²) < 4.78 is 0. The van der Waals surface area contributed by atoms with Gasteiger partial charge >= 0.3 is 0 Å². The highest BCUT2D eigenvalue weighted by Gasteiger charge is 2.24. The second-order valence-corrected chi connectivity index (χ2v) is 11.0. The van der Waals surface area contributed by atoms with E-state index in [0.717, 1.165) is 68.3 Å². The van der Waals surface area contributed by atoms with Crippen molar-refractivity contribution in [2.24, 2.45) is 0 Å². The van der Waals surface area contributed by atoms with Gasteiger partial charge in [-0.3, -0.25) is 9.78 Å². The monoisotopic (exact) mass is 515 g/mol. The van der Waals surface area contributed by atoms with Gasteiger partial charge in [0, 0.05) is 57.6 Å². The molecule has 3 aromatic heterocycles. The molecule has 38 heavy (non-hydrogen) atoms. The number of piperazine rings is 1. The van der Waals surface area contributed by atoms with Gasteiger partial charge in [0.05, 0.1) is 23.8 Å². The quantitative estimate of drug-likeness (QED) is 0.456. The van der Waals surface area contributed by atoms with Crippen LogP contribution in [0.4, 0.5) is 23.0 Å². The van der Waals surface area contributed by atoms with Crippen LogP contribution < -0.4 is 25.8 Å². The van der Waals surface area contributed by atoms with Crippen LogP contribution in [-0.4, -0.2) is 71.4 Å². The van der Waals surface area contributed by atoms with Gasteiger partial charge in [-0.25, -0.2) is 4.98 Å². The predicted octanol–water partition coefficient (Wildman–Crippen LogP) is 3.12. The number of amides is 1. The molecule has 200 valence electrons. The number of pyridine rings is 2. The summed E-state index contributed by atoms with van der Waals surface area (Å²) in [6, 6.07) is 9.87. The summed E-state index contributed by atoms with van der Waals surface area (Å²) in [7, 11) is 0. The maximum absolute atomic E-state index is 12.9. The summed E-state index contributed by atoms with van der Waals surface area (Å²) in [4.78, 5) is 26.4. The fourth-order valence-corrected chi connectivity index (χ4v) is 4.85. The lowest BCUT2D eigenvalue weighted by Crippen LogP contribution is -2.48. The Morgan fingerprint density at radius 3 is 2.50 bits per heavy atom. The Morgan fingerprint density at radius 2 is 1.79 bits per heavy atom. The third kappa shape index (κ3) is 6.36. The van der Waals surface area contributed by atoms with Crippen LogP contribution in [0.3, 0.4) is 0 Å². The number of carbonyl (C=O) groups is 1. The van der Waals surface area contributed by atoms with Gasteiger partial charge in [-0.15, -0.1) is 5.10 Å². The van der Waals surface area contributed by atoms with E-state index in [-0.39, 0.29) is 17.4 Å². The highest BCUT2D eigenvalue weighted by molar-refractivity contribution is 5.92. The molecule has 1 atom stereocenters. The first-order chi connectivity index (χ1) is 18.3. The minimum absolute atomic E-state index is 0.00265. The molecule has 10 heteroatoms. The number of nitrogens with zero attached hydrogens (tertiary/aromatic N) is 6. The van der Waals surface area contributed by atoms with Crippen molar-refractivity contribution >= 4 is 28.9 Å². The van der Waals surface area contributed by atoms with E-state index < -0.39 is 0 Å². The standard InChI is InChI=1S/C28H37N9O/c1-28(2,3)20-6-8-24(30-16-20)27(38)33-21-5-4-12-37(19-21)23-15-26(35-32-18-23)34-25-9-7-22(17-31-25)36-13-10-29-11-14-36/h6-9,15-18,21,29H,4-5,10-14,19H2,1-3H3,(H,33,38)(H,31,34,35)/t21-/m0/s1. The van der Waals surface area contributed by atoms with Crippen molar-refractivity contribution in [2.45, 2.75) is 45.1 Å². The van der Waals surface area contributed by atoms with Crippen molar-refractivity contribution in [3.63, 3.8) is 0 Å². The van der Waals surface area contributed by atoms with Crippen LogP contribution in [-0.2, 0) is 5.41 Å². The Kier molecular flexibility index (Phi) is 7.69. The van der Waals surface area contributed by atoms with E-state index in [4.69, 9.17) is 0 Å². The van der Waals surface area contributed by atoms with Gasteiger partial charge in [-0.05, 0) is 42.0 Å². The first-order valence-corrected chi connectivity index (χ1v) is 13.4. The van der Waals surface area contributed by atoms with E-state index in [1.165, 1.54) is 0 Å². The molecule has 3 aromatic rings. The van der Waals surface area contributed by atoms with Crippen molar-refractivity contribution in [1.82, 2.24) is 30.8 Å². The summed E-state index contributed by atoms with van der Waals surface area (Å²) in [5, 5.41) is 18.3. The van der Waals surface area contributed by atoms with Crippen LogP contribution in [0.1, 0.15) is 49.7 Å². The van der Waals surface area contributed by atoms with Crippen molar-refractivity contribution in [1.29, 1.82) is 0 Å². The molecule has 0 aromatic carbocycles. The SMILES string of the molecule is CC(C)(C)c1ccc(C(=O)N[C@H]2CCCN(c3cnnc(Nc4ccc(N5CCNCC5)cn4)c3)C2)nc1. The highest BCUT2D eigenvalue weighted by atomic mass is 16.1. The van der Waals surface area contributed by atoms with Crippen LogP contribution in [0.15, 0.2) is 48.9 Å². The number of piperidine rings is 1. The smallest absolute Gasteiger partial charge is 0.270 e. The molecule has 5 rings (SSSR count). The summed E-state index contributed by atoms with van der Waals surface area (Å²) in [5.74, 6) is 1.23. The molecule has 5 heterocycles.